The number of ether oxygens (including phenoxy) is 1. The van der Waals surface area contributed by atoms with Gasteiger partial charge >= 0.3 is 11.7 Å². The molecule has 2 bridgehead atoms. The van der Waals surface area contributed by atoms with Crippen LogP contribution in [0.15, 0.2) is 4.79 Å². The van der Waals surface area contributed by atoms with Gasteiger partial charge in [-0.15, -0.1) is 0 Å². The lowest BCUT2D eigenvalue weighted by Gasteiger charge is -2.52. The van der Waals surface area contributed by atoms with E-state index in [4.69, 9.17) is 9.72 Å². The number of imidazole rings is 1. The van der Waals surface area contributed by atoms with Crippen LogP contribution in [0.3, 0.4) is 0 Å². The van der Waals surface area contributed by atoms with E-state index >= 15 is 0 Å². The number of esters is 1. The lowest BCUT2D eigenvalue weighted by atomic mass is 9.52. The number of carbonyl (C=O) groups excluding carboxylic acids is 1. The van der Waals surface area contributed by atoms with Gasteiger partial charge < -0.3 is 20.1 Å². The van der Waals surface area contributed by atoms with Crippen LogP contribution in [-0.4, -0.2) is 50.4 Å². The molecule has 3 aliphatic rings. The number of aliphatic hydroxyl groups excluding tert-OH is 1. The summed E-state index contributed by atoms with van der Waals surface area (Å²) in [7, 11) is 1.45. The highest BCUT2D eigenvalue weighted by atomic mass is 16.5. The summed E-state index contributed by atoms with van der Waals surface area (Å²) in [6, 6.07) is -0.174. The van der Waals surface area contributed by atoms with Crippen molar-refractivity contribution in [3.63, 3.8) is 0 Å². The molecule has 182 valence electrons. The van der Waals surface area contributed by atoms with E-state index in [1.165, 1.54) is 7.11 Å². The molecule has 0 amide bonds. The van der Waals surface area contributed by atoms with E-state index in [0.717, 1.165) is 69.1 Å². The monoisotopic (exact) mass is 459 g/mol. The minimum Gasteiger partial charge on any atom is -0.469 e. The highest BCUT2D eigenvalue weighted by molar-refractivity contribution is 5.83. The molecule has 0 aliphatic heterocycles. The summed E-state index contributed by atoms with van der Waals surface area (Å²) in [5.41, 5.74) is 1.27. The molecule has 9 nitrogen and oxygen atoms in total. The molecule has 3 fully saturated rings. The number of H-pyrrole nitrogens is 1. The number of nitrogens with one attached hydrogen (secondary N) is 2. The Morgan fingerprint density at radius 3 is 2.48 bits per heavy atom. The fraction of sp³-hybridized carbons (Fsp3) is 0.750. The van der Waals surface area contributed by atoms with E-state index in [9.17, 15) is 14.7 Å². The molecule has 33 heavy (non-hydrogen) atoms. The Morgan fingerprint density at radius 2 is 1.91 bits per heavy atom. The molecule has 9 heteroatoms. The van der Waals surface area contributed by atoms with Gasteiger partial charge in [-0.05, 0) is 63.2 Å². The van der Waals surface area contributed by atoms with Crippen molar-refractivity contribution in [2.45, 2.75) is 96.1 Å². The average Bonchev–Trinajstić information content (AvgIpc) is 3.31. The normalized spacial score (nSPS) is 25.3. The van der Waals surface area contributed by atoms with Gasteiger partial charge in [0, 0.05) is 18.4 Å². The predicted molar refractivity (Wildman–Crippen MR) is 126 cm³/mol. The van der Waals surface area contributed by atoms with Crippen molar-refractivity contribution in [3.8, 4) is 0 Å². The number of methoxy groups -OCH3 is 1. The lowest BCUT2D eigenvalue weighted by molar-refractivity contribution is -0.141. The van der Waals surface area contributed by atoms with E-state index in [1.54, 1.807) is 4.57 Å². The van der Waals surface area contributed by atoms with Gasteiger partial charge in [-0.2, -0.15) is 4.98 Å². The second-order valence-corrected chi connectivity index (χ2v) is 9.97. The first kappa shape index (κ1) is 23.7. The topological polar surface area (TPSA) is 122 Å². The molecule has 2 aromatic rings. The Labute approximate surface area is 194 Å². The number of rotatable bonds is 10. The van der Waals surface area contributed by atoms with Crippen LogP contribution in [0.4, 0.5) is 5.82 Å². The zero-order valence-corrected chi connectivity index (χ0v) is 20.1. The van der Waals surface area contributed by atoms with Crippen molar-refractivity contribution in [2.24, 2.45) is 5.41 Å². The molecule has 3 saturated carbocycles. The van der Waals surface area contributed by atoms with Gasteiger partial charge in [0.25, 0.3) is 0 Å². The van der Waals surface area contributed by atoms with Gasteiger partial charge in [0.2, 0.25) is 0 Å². The van der Waals surface area contributed by atoms with Gasteiger partial charge in [-0.3, -0.25) is 9.36 Å². The molecule has 5 rings (SSSR count). The van der Waals surface area contributed by atoms with Gasteiger partial charge in [-0.1, -0.05) is 13.8 Å². The van der Waals surface area contributed by atoms with E-state index < -0.39 is 0 Å². The van der Waals surface area contributed by atoms with Crippen molar-refractivity contribution in [1.82, 2.24) is 19.5 Å². The van der Waals surface area contributed by atoms with Crippen LogP contribution in [0.25, 0.3) is 11.2 Å². The minimum absolute atomic E-state index is 0.0302. The van der Waals surface area contributed by atoms with E-state index in [-0.39, 0.29) is 35.1 Å². The van der Waals surface area contributed by atoms with Crippen LogP contribution in [-0.2, 0) is 21.5 Å². The number of anilines is 1. The van der Waals surface area contributed by atoms with Gasteiger partial charge in [-0.25, -0.2) is 9.78 Å². The molecular formula is C24H37N5O4. The molecule has 3 aliphatic carbocycles. The molecule has 0 spiro atoms. The summed E-state index contributed by atoms with van der Waals surface area (Å²) in [6.45, 7) is 4.55. The maximum Gasteiger partial charge on any atom is 0.351 e. The Balaban J connectivity index is 1.66. The highest BCUT2D eigenvalue weighted by Crippen LogP contribution is 2.59. The third-order valence-corrected chi connectivity index (χ3v) is 8.11. The first-order valence-electron chi connectivity index (χ1n) is 12.3. The third-order valence-electron chi connectivity index (χ3n) is 8.11. The summed E-state index contributed by atoms with van der Waals surface area (Å²) in [4.78, 5) is 37.3. The van der Waals surface area contributed by atoms with E-state index in [0.29, 0.717) is 24.4 Å². The smallest absolute Gasteiger partial charge is 0.351 e. The van der Waals surface area contributed by atoms with Crippen LogP contribution in [0, 0.1) is 5.41 Å². The second kappa shape index (κ2) is 9.44. The summed E-state index contributed by atoms with van der Waals surface area (Å²) >= 11 is 0. The summed E-state index contributed by atoms with van der Waals surface area (Å²) < 4.78 is 6.51. The van der Waals surface area contributed by atoms with Crippen molar-refractivity contribution in [1.29, 1.82) is 0 Å². The molecule has 3 N–H and O–H groups in total. The van der Waals surface area contributed by atoms with Crippen LogP contribution in [0.2, 0.25) is 0 Å². The average molecular weight is 460 g/mol. The van der Waals surface area contributed by atoms with Gasteiger partial charge in [0.05, 0.1) is 19.8 Å². The molecule has 0 radical (unpaired) electrons. The van der Waals surface area contributed by atoms with Gasteiger partial charge in [0.15, 0.2) is 11.5 Å². The lowest BCUT2D eigenvalue weighted by Crippen LogP contribution is -2.45. The second-order valence-electron chi connectivity index (χ2n) is 9.97. The maximum absolute atomic E-state index is 12.8. The minimum atomic E-state index is -0.315. The molecule has 1 atom stereocenters. The fourth-order valence-corrected chi connectivity index (χ4v) is 5.74. The zero-order chi connectivity index (χ0) is 23.6. The van der Waals surface area contributed by atoms with Crippen molar-refractivity contribution in [3.05, 3.63) is 16.3 Å². The third kappa shape index (κ3) is 4.39. The van der Waals surface area contributed by atoms with Crippen molar-refractivity contribution >= 4 is 23.0 Å². The molecule has 2 heterocycles. The Bertz CT molecular complexity index is 1030. The molecule has 0 aromatic carbocycles. The largest absolute Gasteiger partial charge is 0.469 e. The zero-order valence-electron chi connectivity index (χ0n) is 20.1. The first-order valence-corrected chi connectivity index (χ1v) is 12.3. The maximum atomic E-state index is 12.8. The summed E-state index contributed by atoms with van der Waals surface area (Å²) in [5.74, 6) is 1.28. The molecule has 1 unspecified atom stereocenters. The Morgan fingerprint density at radius 1 is 1.21 bits per heavy atom. The first-order chi connectivity index (χ1) is 15.9. The molecule has 0 saturated heterocycles. The molecular weight excluding hydrogens is 422 g/mol. The number of nitrogens with zero attached hydrogens (tertiary/aromatic N) is 3. The van der Waals surface area contributed by atoms with Crippen LogP contribution in [0.1, 0.15) is 83.9 Å². The number of aliphatic hydroxyl groups is 1. The molecule has 2 aromatic heterocycles. The highest BCUT2D eigenvalue weighted by Gasteiger charge is 2.50. The number of aromatic nitrogens is 4. The van der Waals surface area contributed by atoms with Crippen LogP contribution >= 0.6 is 0 Å². The number of aromatic amines is 1. The van der Waals surface area contributed by atoms with E-state index in [2.05, 4.69) is 15.3 Å². The van der Waals surface area contributed by atoms with Gasteiger partial charge in [0.1, 0.15) is 11.3 Å². The van der Waals surface area contributed by atoms with Crippen LogP contribution in [0.5, 0.6) is 0 Å². The summed E-state index contributed by atoms with van der Waals surface area (Å²) in [6.07, 6.45) is 9.22. The number of fused-ring (bicyclic) bond motifs is 4. The van der Waals surface area contributed by atoms with E-state index in [1.807, 2.05) is 13.8 Å². The quantitative estimate of drug-likeness (QED) is 0.466. The van der Waals surface area contributed by atoms with Crippen LogP contribution < -0.4 is 11.0 Å². The van der Waals surface area contributed by atoms with Crippen molar-refractivity contribution in [2.75, 3.05) is 19.0 Å². The number of hydrogen-bond donors (Lipinski definition) is 3. The summed E-state index contributed by atoms with van der Waals surface area (Å²) in [5, 5.41) is 12.9. The predicted octanol–water partition coefficient (Wildman–Crippen LogP) is 3.26. The Hall–Kier alpha value is -2.42. The SMILES string of the molecule is CCCn1c(=O)nc(NC(CC)CO)c2[nH]c(C34CCC(CCC(=O)OC)(CC3)CC4)nc21. The number of hydrogen-bond acceptors (Lipinski definition) is 7. The Kier molecular flexibility index (Phi) is 6.79. The standard InChI is InChI=1S/C24H37N5O4/c1-4-14-29-20-18(19(27-22(29)32)25-16(5-2)15-30)26-21(28-20)24-11-8-23(9-12-24,10-13-24)7-6-17(31)33-3/h16,30H,4-15H2,1-3H3,(H,26,28)(H,25,27,32). The number of aryl methyl sites for hydroxylation is 1. The number of carbonyl (C=O) groups is 1. The van der Waals surface area contributed by atoms with Crippen molar-refractivity contribution < 1.29 is 14.6 Å². The fourth-order valence-electron chi connectivity index (χ4n) is 5.74.